The zero-order chi connectivity index (χ0) is 12.5. The summed E-state index contributed by atoms with van der Waals surface area (Å²) >= 11 is 0. The van der Waals surface area contributed by atoms with Gasteiger partial charge in [-0.1, -0.05) is 12.1 Å². The molecular formula is C12H15F3N2. The second kappa shape index (κ2) is 4.66. The molecule has 1 aliphatic rings. The van der Waals surface area contributed by atoms with Gasteiger partial charge in [0.2, 0.25) is 0 Å². The highest BCUT2D eigenvalue weighted by atomic mass is 19.4. The van der Waals surface area contributed by atoms with E-state index in [1.165, 1.54) is 12.1 Å². The van der Waals surface area contributed by atoms with Gasteiger partial charge in [-0.15, -0.1) is 0 Å². The smallest absolute Gasteiger partial charge is 0.326 e. The highest BCUT2D eigenvalue weighted by molar-refractivity contribution is 5.24. The first-order valence-corrected chi connectivity index (χ1v) is 5.59. The van der Waals surface area contributed by atoms with E-state index in [2.05, 4.69) is 4.90 Å². The van der Waals surface area contributed by atoms with Crippen molar-refractivity contribution in [3.05, 3.63) is 35.4 Å². The summed E-state index contributed by atoms with van der Waals surface area (Å²) in [5.41, 5.74) is 6.07. The Morgan fingerprint density at radius 2 is 1.88 bits per heavy atom. The van der Waals surface area contributed by atoms with Gasteiger partial charge in [0.25, 0.3) is 0 Å². The molecule has 0 aromatic heterocycles. The molecule has 0 amide bonds. The summed E-state index contributed by atoms with van der Waals surface area (Å²) in [5, 5.41) is 0. The van der Waals surface area contributed by atoms with Gasteiger partial charge in [-0.2, -0.15) is 13.2 Å². The van der Waals surface area contributed by atoms with Crippen LogP contribution in [0.5, 0.6) is 0 Å². The van der Waals surface area contributed by atoms with Crippen molar-refractivity contribution in [2.75, 3.05) is 13.1 Å². The molecule has 0 spiro atoms. The number of alkyl halides is 3. The Labute approximate surface area is 98.2 Å². The minimum atomic E-state index is -4.26. The molecule has 0 bridgehead atoms. The summed E-state index contributed by atoms with van der Waals surface area (Å²) in [4.78, 5) is 2.16. The van der Waals surface area contributed by atoms with E-state index in [9.17, 15) is 13.2 Å². The number of halogens is 3. The third kappa shape index (κ3) is 3.20. The summed E-state index contributed by atoms with van der Waals surface area (Å²) in [7, 11) is 0. The van der Waals surface area contributed by atoms with Gasteiger partial charge in [-0.3, -0.25) is 4.90 Å². The maximum Gasteiger partial charge on any atom is 0.416 e. The van der Waals surface area contributed by atoms with Crippen molar-refractivity contribution in [3.8, 4) is 0 Å². The number of benzene rings is 1. The van der Waals surface area contributed by atoms with Crippen LogP contribution in [-0.4, -0.2) is 24.0 Å². The molecule has 0 unspecified atom stereocenters. The summed E-state index contributed by atoms with van der Waals surface area (Å²) < 4.78 is 37.0. The first-order chi connectivity index (χ1) is 7.95. The summed E-state index contributed by atoms with van der Waals surface area (Å²) in [6.07, 6.45) is -3.30. The third-order valence-electron chi connectivity index (χ3n) is 3.00. The van der Waals surface area contributed by atoms with Gasteiger partial charge >= 0.3 is 6.18 Å². The SMILES string of the molecule is N[C@@H]1CCN(Cc2ccc(C(F)(F)F)cc2)C1. The molecule has 0 saturated carbocycles. The van der Waals surface area contributed by atoms with Crippen LogP contribution in [-0.2, 0) is 12.7 Å². The largest absolute Gasteiger partial charge is 0.416 e. The number of nitrogens with zero attached hydrogens (tertiary/aromatic N) is 1. The second-order valence-corrected chi connectivity index (χ2v) is 4.48. The monoisotopic (exact) mass is 244 g/mol. The normalized spacial score (nSPS) is 22.0. The zero-order valence-electron chi connectivity index (χ0n) is 9.37. The van der Waals surface area contributed by atoms with Crippen LogP contribution in [0.1, 0.15) is 17.5 Å². The van der Waals surface area contributed by atoms with Crippen molar-refractivity contribution < 1.29 is 13.2 Å². The molecular weight excluding hydrogens is 229 g/mol. The molecule has 1 aromatic carbocycles. The highest BCUT2D eigenvalue weighted by Crippen LogP contribution is 2.29. The summed E-state index contributed by atoms with van der Waals surface area (Å²) in [6.45, 7) is 2.41. The van der Waals surface area contributed by atoms with Crippen LogP contribution < -0.4 is 5.73 Å². The van der Waals surface area contributed by atoms with Gasteiger partial charge in [-0.05, 0) is 24.1 Å². The molecule has 1 aliphatic heterocycles. The molecule has 2 nitrogen and oxygen atoms in total. The minimum absolute atomic E-state index is 0.199. The molecule has 0 radical (unpaired) electrons. The van der Waals surface area contributed by atoms with Crippen molar-refractivity contribution in [1.29, 1.82) is 0 Å². The van der Waals surface area contributed by atoms with Crippen LogP contribution in [0.2, 0.25) is 0 Å². The van der Waals surface area contributed by atoms with E-state index in [1.54, 1.807) is 0 Å². The van der Waals surface area contributed by atoms with E-state index in [4.69, 9.17) is 5.73 Å². The first-order valence-electron chi connectivity index (χ1n) is 5.59. The topological polar surface area (TPSA) is 29.3 Å². The minimum Gasteiger partial charge on any atom is -0.326 e. The van der Waals surface area contributed by atoms with Crippen molar-refractivity contribution >= 4 is 0 Å². The molecule has 5 heteroatoms. The molecule has 2 rings (SSSR count). The van der Waals surface area contributed by atoms with Gasteiger partial charge in [0.15, 0.2) is 0 Å². The Morgan fingerprint density at radius 3 is 2.35 bits per heavy atom. The molecule has 1 atom stereocenters. The van der Waals surface area contributed by atoms with E-state index >= 15 is 0 Å². The van der Waals surface area contributed by atoms with Crippen LogP contribution in [0.3, 0.4) is 0 Å². The zero-order valence-corrected chi connectivity index (χ0v) is 9.37. The summed E-state index contributed by atoms with van der Waals surface area (Å²) in [5.74, 6) is 0. The second-order valence-electron chi connectivity index (χ2n) is 4.48. The number of nitrogens with two attached hydrogens (primary N) is 1. The first kappa shape index (κ1) is 12.4. The Balaban J connectivity index is 1.99. The molecule has 1 heterocycles. The predicted molar refractivity (Wildman–Crippen MR) is 59.3 cm³/mol. The lowest BCUT2D eigenvalue weighted by Gasteiger charge is -2.15. The maximum absolute atomic E-state index is 12.3. The Bertz CT molecular complexity index is 372. The van der Waals surface area contributed by atoms with Crippen LogP contribution in [0.25, 0.3) is 0 Å². The van der Waals surface area contributed by atoms with Gasteiger partial charge in [0.05, 0.1) is 5.56 Å². The van der Waals surface area contributed by atoms with E-state index < -0.39 is 11.7 Å². The van der Waals surface area contributed by atoms with Crippen molar-refractivity contribution in [1.82, 2.24) is 4.90 Å². The highest BCUT2D eigenvalue weighted by Gasteiger charge is 2.30. The number of rotatable bonds is 2. The van der Waals surface area contributed by atoms with Gasteiger partial charge in [0, 0.05) is 25.7 Å². The Morgan fingerprint density at radius 1 is 1.24 bits per heavy atom. The van der Waals surface area contributed by atoms with E-state index in [0.29, 0.717) is 6.54 Å². The van der Waals surface area contributed by atoms with Gasteiger partial charge in [-0.25, -0.2) is 0 Å². The maximum atomic E-state index is 12.3. The van der Waals surface area contributed by atoms with Gasteiger partial charge in [0.1, 0.15) is 0 Å². The standard InChI is InChI=1S/C12H15F3N2/c13-12(14,15)10-3-1-9(2-4-10)7-17-6-5-11(16)8-17/h1-4,11H,5-8,16H2/t11-/m1/s1. The van der Waals surface area contributed by atoms with Crippen molar-refractivity contribution in [2.45, 2.75) is 25.2 Å². The quantitative estimate of drug-likeness (QED) is 0.864. The Hall–Kier alpha value is -1.07. The predicted octanol–water partition coefficient (Wildman–Crippen LogP) is 2.24. The average Bonchev–Trinajstić information content (AvgIpc) is 2.63. The number of likely N-dealkylation sites (tertiary alicyclic amines) is 1. The van der Waals surface area contributed by atoms with Crippen molar-refractivity contribution in [3.63, 3.8) is 0 Å². The molecule has 1 aromatic rings. The Kier molecular flexibility index (Phi) is 3.40. The fourth-order valence-electron chi connectivity index (χ4n) is 2.06. The fourth-order valence-corrected chi connectivity index (χ4v) is 2.06. The van der Waals surface area contributed by atoms with Crippen LogP contribution in [0.15, 0.2) is 24.3 Å². The van der Waals surface area contributed by atoms with E-state index in [0.717, 1.165) is 37.2 Å². The average molecular weight is 244 g/mol. The lowest BCUT2D eigenvalue weighted by Crippen LogP contribution is -2.26. The van der Waals surface area contributed by atoms with Crippen LogP contribution >= 0.6 is 0 Å². The number of hydrogen-bond acceptors (Lipinski definition) is 2. The molecule has 2 N–H and O–H groups in total. The molecule has 0 aliphatic carbocycles. The molecule has 94 valence electrons. The molecule has 1 saturated heterocycles. The fraction of sp³-hybridized carbons (Fsp3) is 0.500. The lowest BCUT2D eigenvalue weighted by molar-refractivity contribution is -0.137. The van der Waals surface area contributed by atoms with Crippen LogP contribution in [0, 0.1) is 0 Å². The molecule has 1 fully saturated rings. The van der Waals surface area contributed by atoms with Crippen molar-refractivity contribution in [2.24, 2.45) is 5.73 Å². The van der Waals surface area contributed by atoms with E-state index in [1.807, 2.05) is 0 Å². The third-order valence-corrected chi connectivity index (χ3v) is 3.00. The van der Waals surface area contributed by atoms with Gasteiger partial charge < -0.3 is 5.73 Å². The van der Waals surface area contributed by atoms with E-state index in [-0.39, 0.29) is 6.04 Å². The van der Waals surface area contributed by atoms with Crippen LogP contribution in [0.4, 0.5) is 13.2 Å². The summed E-state index contributed by atoms with van der Waals surface area (Å²) in [6, 6.07) is 5.53. The lowest BCUT2D eigenvalue weighted by atomic mass is 10.1. The molecule has 17 heavy (non-hydrogen) atoms. The number of hydrogen-bond donors (Lipinski definition) is 1.